The summed E-state index contributed by atoms with van der Waals surface area (Å²) in [5, 5.41) is 13.3. The van der Waals surface area contributed by atoms with E-state index in [1.165, 1.54) is 0 Å². The lowest BCUT2D eigenvalue weighted by Gasteiger charge is -2.01. The Kier molecular flexibility index (Phi) is 3.76. The van der Waals surface area contributed by atoms with Crippen LogP contribution >= 0.6 is 23.8 Å². The van der Waals surface area contributed by atoms with Crippen molar-refractivity contribution in [3.05, 3.63) is 70.1 Å². The molecule has 0 saturated heterocycles. The lowest BCUT2D eigenvalue weighted by molar-refractivity contribution is 0.872. The van der Waals surface area contributed by atoms with E-state index in [9.17, 15) is 0 Å². The van der Waals surface area contributed by atoms with Crippen LogP contribution in [0.15, 0.2) is 59.8 Å². The number of nitrogens with zero attached hydrogens (tertiary/aromatic N) is 3. The molecule has 0 unspecified atom stereocenters. The number of para-hydroxylation sites is 1. The van der Waals surface area contributed by atoms with Crippen LogP contribution in [0.3, 0.4) is 0 Å². The molecule has 7 heteroatoms. The summed E-state index contributed by atoms with van der Waals surface area (Å²) in [5.74, 6) is 0.632. The molecule has 2 N–H and O–H groups in total. The highest BCUT2D eigenvalue weighted by molar-refractivity contribution is 7.71. The van der Waals surface area contributed by atoms with Crippen LogP contribution in [0.2, 0.25) is 5.02 Å². The molecule has 2 aromatic heterocycles. The minimum Gasteiger partial charge on any atom is -0.361 e. The normalized spacial score (nSPS) is 11.5. The van der Waals surface area contributed by atoms with Crippen molar-refractivity contribution in [1.82, 2.24) is 19.9 Å². The molecule has 4 aromatic rings. The van der Waals surface area contributed by atoms with Gasteiger partial charge in [0.1, 0.15) is 0 Å². The van der Waals surface area contributed by atoms with E-state index < -0.39 is 0 Å². The summed E-state index contributed by atoms with van der Waals surface area (Å²) in [4.78, 5) is 3.22. The van der Waals surface area contributed by atoms with Gasteiger partial charge in [-0.05, 0) is 42.5 Å². The molecule has 0 fully saturated rings. The van der Waals surface area contributed by atoms with E-state index in [1.54, 1.807) is 10.9 Å². The van der Waals surface area contributed by atoms with Crippen molar-refractivity contribution < 1.29 is 0 Å². The van der Waals surface area contributed by atoms with Crippen molar-refractivity contribution in [2.75, 3.05) is 0 Å². The predicted molar refractivity (Wildman–Crippen MR) is 99.1 cm³/mol. The van der Waals surface area contributed by atoms with Gasteiger partial charge in [-0.1, -0.05) is 29.8 Å². The maximum absolute atomic E-state index is 5.94. The Balaban J connectivity index is 1.76. The Morgan fingerprint density at radius 3 is 2.75 bits per heavy atom. The van der Waals surface area contributed by atoms with Gasteiger partial charge >= 0.3 is 0 Å². The minimum absolute atomic E-state index is 0.427. The minimum atomic E-state index is 0.427. The third-order valence-corrected chi connectivity index (χ3v) is 4.20. The summed E-state index contributed by atoms with van der Waals surface area (Å²) in [6, 6.07) is 15.4. The standard InChI is InChI=1S/C17H12ClN5S/c18-13-7-5-11(6-8-13)16-21-22-17(24)23(16)20-10-12-9-19-15-4-2-1-3-14(12)15/h1-10,19H,(H,22,24)/b20-10-. The number of aromatic amines is 2. The molecular weight excluding hydrogens is 342 g/mol. The number of hydrogen-bond acceptors (Lipinski definition) is 3. The summed E-state index contributed by atoms with van der Waals surface area (Å²) >= 11 is 11.2. The molecule has 24 heavy (non-hydrogen) atoms. The monoisotopic (exact) mass is 353 g/mol. The average molecular weight is 354 g/mol. The zero-order valence-corrected chi connectivity index (χ0v) is 14.0. The topological polar surface area (TPSA) is 61.8 Å². The molecule has 0 aliphatic carbocycles. The summed E-state index contributed by atoms with van der Waals surface area (Å²) in [6.07, 6.45) is 3.68. The first-order valence-corrected chi connectivity index (χ1v) is 8.05. The SMILES string of the molecule is S=c1[nH]nc(-c2ccc(Cl)cc2)n1/N=C\c1c[nH]c2ccccc12. The number of halogens is 1. The second-order valence-electron chi connectivity index (χ2n) is 5.21. The molecule has 2 aromatic carbocycles. The fourth-order valence-electron chi connectivity index (χ4n) is 2.51. The van der Waals surface area contributed by atoms with Gasteiger partial charge in [0.2, 0.25) is 4.77 Å². The van der Waals surface area contributed by atoms with Gasteiger partial charge in [-0.3, -0.25) is 0 Å². The van der Waals surface area contributed by atoms with Crippen molar-refractivity contribution in [1.29, 1.82) is 0 Å². The van der Waals surface area contributed by atoms with Gasteiger partial charge < -0.3 is 4.98 Å². The maximum Gasteiger partial charge on any atom is 0.216 e. The summed E-state index contributed by atoms with van der Waals surface area (Å²) in [5.41, 5.74) is 2.92. The van der Waals surface area contributed by atoms with Gasteiger partial charge in [0, 0.05) is 33.2 Å². The molecule has 2 heterocycles. The third kappa shape index (κ3) is 2.66. The van der Waals surface area contributed by atoms with Crippen LogP contribution in [0.5, 0.6) is 0 Å². The van der Waals surface area contributed by atoms with Gasteiger partial charge in [-0.25, -0.2) is 5.10 Å². The van der Waals surface area contributed by atoms with Gasteiger partial charge in [0.15, 0.2) is 5.82 Å². The highest BCUT2D eigenvalue weighted by atomic mass is 35.5. The van der Waals surface area contributed by atoms with Gasteiger partial charge in [0.05, 0.1) is 6.21 Å². The van der Waals surface area contributed by atoms with Crippen molar-refractivity contribution in [2.45, 2.75) is 0 Å². The van der Waals surface area contributed by atoms with Gasteiger partial charge in [0.25, 0.3) is 0 Å². The molecule has 0 bridgehead atoms. The van der Waals surface area contributed by atoms with E-state index in [-0.39, 0.29) is 0 Å². The summed E-state index contributed by atoms with van der Waals surface area (Å²) in [7, 11) is 0. The Bertz CT molecular complexity index is 1090. The fourth-order valence-corrected chi connectivity index (χ4v) is 2.81. The molecule has 0 saturated carbocycles. The van der Waals surface area contributed by atoms with Crippen LogP contribution in [0, 0.1) is 4.77 Å². The largest absolute Gasteiger partial charge is 0.361 e. The van der Waals surface area contributed by atoms with Crippen LogP contribution in [0.25, 0.3) is 22.3 Å². The highest BCUT2D eigenvalue weighted by Crippen LogP contribution is 2.20. The van der Waals surface area contributed by atoms with Crippen LogP contribution in [0.1, 0.15) is 5.56 Å². The number of aromatic nitrogens is 4. The quantitative estimate of drug-likeness (QED) is 0.417. The Hall–Kier alpha value is -2.70. The smallest absolute Gasteiger partial charge is 0.216 e. The fraction of sp³-hybridized carbons (Fsp3) is 0. The van der Waals surface area contributed by atoms with Crippen LogP contribution in [-0.4, -0.2) is 26.1 Å². The first kappa shape index (κ1) is 14.9. The summed E-state index contributed by atoms with van der Waals surface area (Å²) in [6.45, 7) is 0. The Morgan fingerprint density at radius 1 is 1.12 bits per heavy atom. The molecule has 0 aliphatic rings. The van der Waals surface area contributed by atoms with Crippen LogP contribution in [-0.2, 0) is 0 Å². The van der Waals surface area contributed by atoms with E-state index in [1.807, 2.05) is 54.7 Å². The van der Waals surface area contributed by atoms with E-state index in [2.05, 4.69) is 20.3 Å². The molecule has 118 valence electrons. The van der Waals surface area contributed by atoms with E-state index >= 15 is 0 Å². The lowest BCUT2D eigenvalue weighted by atomic mass is 10.2. The van der Waals surface area contributed by atoms with Gasteiger partial charge in [-0.2, -0.15) is 14.9 Å². The van der Waals surface area contributed by atoms with E-state index in [0.29, 0.717) is 15.6 Å². The number of nitrogens with one attached hydrogen (secondary N) is 2. The van der Waals surface area contributed by atoms with Crippen LogP contribution in [0.4, 0.5) is 0 Å². The zero-order chi connectivity index (χ0) is 16.5. The number of fused-ring (bicyclic) bond motifs is 1. The first-order chi connectivity index (χ1) is 11.7. The Labute approximate surface area is 147 Å². The zero-order valence-electron chi connectivity index (χ0n) is 12.4. The van der Waals surface area contributed by atoms with Crippen LogP contribution < -0.4 is 0 Å². The highest BCUT2D eigenvalue weighted by Gasteiger charge is 2.08. The van der Waals surface area contributed by atoms with E-state index in [4.69, 9.17) is 23.8 Å². The molecule has 0 atom stereocenters. The number of rotatable bonds is 3. The number of benzene rings is 2. The number of H-pyrrole nitrogens is 2. The molecular formula is C17H12ClN5S. The second-order valence-corrected chi connectivity index (χ2v) is 6.03. The van der Waals surface area contributed by atoms with Crippen molar-refractivity contribution in [2.24, 2.45) is 5.10 Å². The molecule has 4 rings (SSSR count). The maximum atomic E-state index is 5.94. The average Bonchev–Trinajstić information content (AvgIpc) is 3.17. The number of hydrogen-bond donors (Lipinski definition) is 2. The summed E-state index contributed by atoms with van der Waals surface area (Å²) < 4.78 is 2.02. The lowest BCUT2D eigenvalue weighted by Crippen LogP contribution is -1.94. The van der Waals surface area contributed by atoms with Crippen molar-refractivity contribution >= 4 is 40.9 Å². The molecule has 0 radical (unpaired) electrons. The second kappa shape index (κ2) is 6.07. The molecule has 0 aliphatic heterocycles. The Morgan fingerprint density at radius 2 is 1.92 bits per heavy atom. The molecule has 0 spiro atoms. The first-order valence-electron chi connectivity index (χ1n) is 7.26. The third-order valence-electron chi connectivity index (χ3n) is 3.69. The van der Waals surface area contributed by atoms with Gasteiger partial charge in [-0.15, -0.1) is 0 Å². The van der Waals surface area contributed by atoms with Crippen molar-refractivity contribution in [3.8, 4) is 11.4 Å². The van der Waals surface area contributed by atoms with E-state index in [0.717, 1.165) is 22.0 Å². The van der Waals surface area contributed by atoms with Crippen molar-refractivity contribution in [3.63, 3.8) is 0 Å². The molecule has 5 nitrogen and oxygen atoms in total. The molecule has 0 amide bonds. The predicted octanol–water partition coefficient (Wildman–Crippen LogP) is 4.62.